The van der Waals surface area contributed by atoms with Crippen molar-refractivity contribution in [2.45, 2.75) is 19.3 Å². The van der Waals surface area contributed by atoms with E-state index in [1.165, 1.54) is 0 Å². The van der Waals surface area contributed by atoms with E-state index in [2.05, 4.69) is 27.6 Å². The summed E-state index contributed by atoms with van der Waals surface area (Å²) >= 11 is 7.72. The Labute approximate surface area is 101 Å². The van der Waals surface area contributed by atoms with Crippen LogP contribution in [0.25, 0.3) is 10.2 Å². The van der Waals surface area contributed by atoms with Gasteiger partial charge in [0.25, 0.3) is 0 Å². The lowest BCUT2D eigenvalue weighted by Crippen LogP contribution is -2.14. The Hall–Kier alpha value is -1.20. The Kier molecular flexibility index (Phi) is 2.12. The molecule has 0 aromatic carbocycles. The second-order valence-electron chi connectivity index (χ2n) is 3.72. The van der Waals surface area contributed by atoms with Crippen molar-refractivity contribution in [3.05, 3.63) is 21.7 Å². The molecule has 2 aromatic heterocycles. The molecule has 0 aliphatic carbocycles. The minimum Gasteiger partial charge on any atom is -0.287 e. The van der Waals surface area contributed by atoms with Crippen LogP contribution in [0.4, 0.5) is 0 Å². The summed E-state index contributed by atoms with van der Waals surface area (Å²) in [4.78, 5) is 1.99. The number of nitrogens with zero attached hydrogens (tertiary/aromatic N) is 3. The predicted octanol–water partition coefficient (Wildman–Crippen LogP) is 2.48. The van der Waals surface area contributed by atoms with Crippen LogP contribution in [0.5, 0.6) is 0 Å². The van der Waals surface area contributed by atoms with E-state index in [1.54, 1.807) is 17.6 Å². The maximum Gasteiger partial charge on any atom is 0.152 e. The lowest BCUT2D eigenvalue weighted by molar-refractivity contribution is 0.718. The topological polar surface area (TPSA) is 50.2 Å². The van der Waals surface area contributed by atoms with Crippen LogP contribution < -0.4 is 5.43 Å². The van der Waals surface area contributed by atoms with Crippen LogP contribution in [0.3, 0.4) is 0 Å². The number of hydrogen-bond acceptors (Lipinski definition) is 5. The van der Waals surface area contributed by atoms with Gasteiger partial charge in [0.2, 0.25) is 0 Å². The summed E-state index contributed by atoms with van der Waals surface area (Å²) in [6.45, 7) is 4.01. The summed E-state index contributed by atoms with van der Waals surface area (Å²) in [6, 6.07) is 0. The molecule has 6 heteroatoms. The average Bonchev–Trinajstić information content (AvgIpc) is 2.64. The molecule has 1 aliphatic heterocycles. The molecular weight excluding hydrogens is 244 g/mol. The molecule has 0 radical (unpaired) electrons. The highest BCUT2D eigenvalue weighted by Gasteiger charge is 2.22. The molecule has 1 N–H and O–H groups in total. The summed E-state index contributed by atoms with van der Waals surface area (Å²) in [7, 11) is 0. The first-order valence-electron chi connectivity index (χ1n) is 4.87. The molecule has 0 bridgehead atoms. The van der Waals surface area contributed by atoms with Crippen molar-refractivity contribution in [2.75, 3.05) is 0 Å². The van der Waals surface area contributed by atoms with Gasteiger partial charge in [-0.05, 0) is 19.4 Å². The van der Waals surface area contributed by atoms with E-state index in [4.69, 9.17) is 11.6 Å². The zero-order valence-corrected chi connectivity index (χ0v) is 10.4. The Balaban J connectivity index is 2.43. The Morgan fingerprint density at radius 1 is 1.38 bits per heavy atom. The van der Waals surface area contributed by atoms with Crippen LogP contribution in [-0.2, 0) is 0 Å². The van der Waals surface area contributed by atoms with Gasteiger partial charge in [-0.15, -0.1) is 16.4 Å². The molecule has 16 heavy (non-hydrogen) atoms. The van der Waals surface area contributed by atoms with Crippen molar-refractivity contribution >= 4 is 39.4 Å². The number of aromatic nitrogens is 2. The fraction of sp³-hybridized carbons (Fsp3) is 0.300. The predicted molar refractivity (Wildman–Crippen MR) is 66.2 cm³/mol. The molecule has 0 spiro atoms. The Bertz CT molecular complexity index is 604. The van der Waals surface area contributed by atoms with Crippen LogP contribution in [0.2, 0.25) is 0 Å². The summed E-state index contributed by atoms with van der Waals surface area (Å²) in [5.74, 6) is 0. The minimum atomic E-state index is -0.265. The number of hydrazone groups is 1. The van der Waals surface area contributed by atoms with Crippen molar-refractivity contribution in [2.24, 2.45) is 5.10 Å². The first-order valence-corrected chi connectivity index (χ1v) is 6.12. The van der Waals surface area contributed by atoms with Gasteiger partial charge in [0.15, 0.2) is 5.50 Å². The van der Waals surface area contributed by atoms with E-state index in [9.17, 15) is 0 Å². The van der Waals surface area contributed by atoms with Gasteiger partial charge in [-0.25, -0.2) is 0 Å². The van der Waals surface area contributed by atoms with E-state index in [0.717, 1.165) is 31.9 Å². The number of alkyl halides is 1. The maximum atomic E-state index is 6.15. The Morgan fingerprint density at radius 2 is 2.19 bits per heavy atom. The third kappa shape index (κ3) is 1.25. The van der Waals surface area contributed by atoms with Crippen LogP contribution in [0.15, 0.2) is 5.10 Å². The SMILES string of the molecule is Cc1nnc2sc3c(c2c1C)C=NNC3Cl. The van der Waals surface area contributed by atoms with Gasteiger partial charge in [-0.3, -0.25) is 5.43 Å². The number of thiophene rings is 1. The molecule has 0 saturated heterocycles. The van der Waals surface area contributed by atoms with Gasteiger partial charge < -0.3 is 0 Å². The molecule has 3 heterocycles. The highest BCUT2D eigenvalue weighted by atomic mass is 35.5. The smallest absolute Gasteiger partial charge is 0.152 e. The first-order chi connectivity index (χ1) is 7.68. The summed E-state index contributed by atoms with van der Waals surface area (Å²) in [5.41, 5.74) is 5.75. The molecule has 1 unspecified atom stereocenters. The molecule has 1 aliphatic rings. The van der Waals surface area contributed by atoms with Crippen LogP contribution in [-0.4, -0.2) is 16.4 Å². The van der Waals surface area contributed by atoms with Crippen molar-refractivity contribution in [3.63, 3.8) is 0 Å². The van der Waals surface area contributed by atoms with Gasteiger partial charge in [0, 0.05) is 10.9 Å². The second kappa shape index (κ2) is 3.40. The number of aryl methyl sites for hydroxylation is 2. The molecule has 0 amide bonds. The highest BCUT2D eigenvalue weighted by molar-refractivity contribution is 7.19. The molecule has 2 aromatic rings. The fourth-order valence-electron chi connectivity index (χ4n) is 1.80. The lowest BCUT2D eigenvalue weighted by Gasteiger charge is -2.12. The number of hydrogen-bond donors (Lipinski definition) is 1. The average molecular weight is 253 g/mol. The van der Waals surface area contributed by atoms with Gasteiger partial charge >= 0.3 is 0 Å². The zero-order chi connectivity index (χ0) is 11.3. The molecule has 3 rings (SSSR count). The largest absolute Gasteiger partial charge is 0.287 e. The monoisotopic (exact) mass is 252 g/mol. The van der Waals surface area contributed by atoms with E-state index in [-0.39, 0.29) is 5.50 Å². The molecular formula is C10H9ClN4S. The number of halogens is 1. The van der Waals surface area contributed by atoms with Crippen molar-refractivity contribution < 1.29 is 0 Å². The van der Waals surface area contributed by atoms with Crippen LogP contribution in [0, 0.1) is 13.8 Å². The molecule has 1 atom stereocenters. The third-order valence-electron chi connectivity index (χ3n) is 2.78. The van der Waals surface area contributed by atoms with E-state index >= 15 is 0 Å². The van der Waals surface area contributed by atoms with Gasteiger partial charge in [0.05, 0.1) is 16.8 Å². The third-order valence-corrected chi connectivity index (χ3v) is 4.38. The number of rotatable bonds is 0. The maximum absolute atomic E-state index is 6.15. The van der Waals surface area contributed by atoms with Crippen LogP contribution >= 0.6 is 22.9 Å². The zero-order valence-electron chi connectivity index (χ0n) is 8.78. The fourth-order valence-corrected chi connectivity index (χ4v) is 3.18. The van der Waals surface area contributed by atoms with E-state index < -0.39 is 0 Å². The standard InChI is InChI=1S/C10H9ClN4S/c1-4-5(2)13-15-10-7(4)6-3-12-14-9(11)8(6)16-10/h3,9,14H,1-2H3. The first kappa shape index (κ1) is 9.99. The molecule has 4 nitrogen and oxygen atoms in total. The van der Waals surface area contributed by atoms with E-state index in [0.29, 0.717) is 0 Å². The number of nitrogens with one attached hydrogen (secondary N) is 1. The van der Waals surface area contributed by atoms with Gasteiger partial charge in [0.1, 0.15) is 4.83 Å². The van der Waals surface area contributed by atoms with Crippen molar-refractivity contribution in [3.8, 4) is 0 Å². The molecule has 82 valence electrons. The second-order valence-corrected chi connectivity index (χ2v) is 5.19. The van der Waals surface area contributed by atoms with Crippen LogP contribution in [0.1, 0.15) is 27.2 Å². The minimum absolute atomic E-state index is 0.265. The summed E-state index contributed by atoms with van der Waals surface area (Å²) in [6.07, 6.45) is 1.81. The molecule has 0 saturated carbocycles. The summed E-state index contributed by atoms with van der Waals surface area (Å²) < 4.78 is 0. The van der Waals surface area contributed by atoms with Crippen molar-refractivity contribution in [1.82, 2.24) is 15.6 Å². The van der Waals surface area contributed by atoms with Gasteiger partial charge in [-0.1, -0.05) is 11.6 Å². The Morgan fingerprint density at radius 3 is 3.00 bits per heavy atom. The van der Waals surface area contributed by atoms with Gasteiger partial charge in [-0.2, -0.15) is 10.2 Å². The highest BCUT2D eigenvalue weighted by Crippen LogP contribution is 2.37. The van der Waals surface area contributed by atoms with Crippen molar-refractivity contribution in [1.29, 1.82) is 0 Å². The molecule has 0 fully saturated rings. The quantitative estimate of drug-likeness (QED) is 0.579. The number of fused-ring (bicyclic) bond motifs is 3. The normalized spacial score (nSPS) is 18.6. The lowest BCUT2D eigenvalue weighted by atomic mass is 10.1. The van der Waals surface area contributed by atoms with E-state index in [1.807, 2.05) is 6.92 Å². The summed E-state index contributed by atoms with van der Waals surface area (Å²) in [5, 5.41) is 13.5.